The van der Waals surface area contributed by atoms with E-state index in [9.17, 15) is 0 Å². The van der Waals surface area contributed by atoms with Gasteiger partial charge in [-0.25, -0.2) is 19.9 Å². The summed E-state index contributed by atoms with van der Waals surface area (Å²) in [6, 6.07) is 3.71. The van der Waals surface area contributed by atoms with Gasteiger partial charge in [-0.2, -0.15) is 0 Å². The van der Waals surface area contributed by atoms with Crippen molar-refractivity contribution < 1.29 is 4.42 Å². The quantitative estimate of drug-likeness (QED) is 0.666. The second-order valence-electron chi connectivity index (χ2n) is 6.80. The van der Waals surface area contributed by atoms with E-state index in [0.717, 1.165) is 57.1 Å². The minimum absolute atomic E-state index is 0.622. The smallest absolute Gasteiger partial charge is 0.225 e. The first-order valence-electron chi connectivity index (χ1n) is 9.45. The van der Waals surface area contributed by atoms with Crippen LogP contribution in [0.15, 0.2) is 47.6 Å². The summed E-state index contributed by atoms with van der Waals surface area (Å²) < 4.78 is 5.33. The summed E-state index contributed by atoms with van der Waals surface area (Å²) >= 11 is 0. The van der Waals surface area contributed by atoms with Gasteiger partial charge in [0.2, 0.25) is 5.95 Å². The molecule has 0 aliphatic carbocycles. The number of hydrogen-bond acceptors (Lipinski definition) is 7. The van der Waals surface area contributed by atoms with Crippen molar-refractivity contribution in [2.75, 3.05) is 31.1 Å². The van der Waals surface area contributed by atoms with Crippen LogP contribution in [-0.4, -0.2) is 51.0 Å². The monoisotopic (exact) mass is 364 g/mol. The van der Waals surface area contributed by atoms with Crippen LogP contribution in [0.3, 0.4) is 0 Å². The highest BCUT2D eigenvalue weighted by Crippen LogP contribution is 2.16. The van der Waals surface area contributed by atoms with E-state index in [1.165, 1.54) is 5.56 Å². The van der Waals surface area contributed by atoms with Crippen molar-refractivity contribution in [2.45, 2.75) is 26.3 Å². The van der Waals surface area contributed by atoms with Gasteiger partial charge in [0, 0.05) is 63.1 Å². The number of aryl methyl sites for hydroxylation is 1. The Hall–Kier alpha value is -2.80. The van der Waals surface area contributed by atoms with Crippen molar-refractivity contribution in [3.05, 3.63) is 54.3 Å². The Kier molecular flexibility index (Phi) is 5.39. The fourth-order valence-electron chi connectivity index (χ4n) is 3.26. The Morgan fingerprint density at radius 1 is 0.926 bits per heavy atom. The topological polar surface area (TPSA) is 71.2 Å². The molecule has 140 valence electrons. The molecule has 7 heteroatoms. The van der Waals surface area contributed by atoms with Crippen molar-refractivity contribution in [3.63, 3.8) is 0 Å². The summed E-state index contributed by atoms with van der Waals surface area (Å²) in [4.78, 5) is 22.5. The van der Waals surface area contributed by atoms with Crippen molar-refractivity contribution in [1.29, 1.82) is 0 Å². The molecule has 0 bridgehead atoms. The molecule has 0 spiro atoms. The lowest BCUT2D eigenvalue weighted by Crippen LogP contribution is -2.46. The van der Waals surface area contributed by atoms with Crippen LogP contribution in [0.2, 0.25) is 0 Å². The summed E-state index contributed by atoms with van der Waals surface area (Å²) in [6.07, 6.45) is 11.5. The molecule has 0 atom stereocenters. The highest BCUT2D eigenvalue weighted by molar-refractivity contribution is 5.45. The van der Waals surface area contributed by atoms with Gasteiger partial charge in [0.1, 0.15) is 0 Å². The van der Waals surface area contributed by atoms with Crippen LogP contribution >= 0.6 is 0 Å². The zero-order valence-corrected chi connectivity index (χ0v) is 15.6. The zero-order valence-electron chi connectivity index (χ0n) is 15.6. The second-order valence-corrected chi connectivity index (χ2v) is 6.80. The summed E-state index contributed by atoms with van der Waals surface area (Å²) in [5.41, 5.74) is 2.32. The number of rotatable bonds is 6. The van der Waals surface area contributed by atoms with Gasteiger partial charge in [0.05, 0.1) is 6.26 Å². The molecule has 0 saturated carbocycles. The number of furan rings is 1. The standard InChI is InChI=1S/C20H24N6O/c1-2-4-16-11-23-20(24-12-16)26-8-6-25(7-9-26)15-17-13-21-19(22-14-17)18-5-3-10-27-18/h3,5,10-14H,2,4,6-9,15H2,1H3. The first-order valence-corrected chi connectivity index (χ1v) is 9.45. The van der Waals surface area contributed by atoms with E-state index in [4.69, 9.17) is 4.42 Å². The molecule has 1 saturated heterocycles. The number of nitrogens with zero attached hydrogens (tertiary/aromatic N) is 6. The van der Waals surface area contributed by atoms with E-state index in [0.29, 0.717) is 11.6 Å². The van der Waals surface area contributed by atoms with Gasteiger partial charge < -0.3 is 9.32 Å². The third-order valence-electron chi connectivity index (χ3n) is 4.74. The van der Waals surface area contributed by atoms with Crippen LogP contribution in [0.25, 0.3) is 11.6 Å². The van der Waals surface area contributed by atoms with E-state index in [1.54, 1.807) is 6.26 Å². The molecule has 3 aromatic rings. The Morgan fingerprint density at radius 2 is 1.63 bits per heavy atom. The molecule has 1 aliphatic rings. The zero-order chi connectivity index (χ0) is 18.5. The molecule has 7 nitrogen and oxygen atoms in total. The van der Waals surface area contributed by atoms with E-state index in [1.807, 2.05) is 36.9 Å². The number of anilines is 1. The van der Waals surface area contributed by atoms with Gasteiger partial charge in [0.25, 0.3) is 0 Å². The highest BCUT2D eigenvalue weighted by Gasteiger charge is 2.19. The average Bonchev–Trinajstić information content (AvgIpc) is 3.25. The number of hydrogen-bond donors (Lipinski definition) is 0. The lowest BCUT2D eigenvalue weighted by molar-refractivity contribution is 0.248. The summed E-state index contributed by atoms with van der Waals surface area (Å²) in [5, 5.41) is 0. The number of aromatic nitrogens is 4. The Bertz CT molecular complexity index is 824. The maximum absolute atomic E-state index is 5.33. The van der Waals surface area contributed by atoms with E-state index < -0.39 is 0 Å². The SMILES string of the molecule is CCCc1cnc(N2CCN(Cc3cnc(-c4ccco4)nc3)CC2)nc1. The van der Waals surface area contributed by atoms with E-state index in [2.05, 4.69) is 36.7 Å². The van der Waals surface area contributed by atoms with Crippen molar-refractivity contribution in [3.8, 4) is 11.6 Å². The fourth-order valence-corrected chi connectivity index (χ4v) is 3.26. The van der Waals surface area contributed by atoms with E-state index >= 15 is 0 Å². The minimum atomic E-state index is 0.622. The molecule has 0 N–H and O–H groups in total. The van der Waals surface area contributed by atoms with Gasteiger partial charge in [0.15, 0.2) is 11.6 Å². The molecule has 3 aromatic heterocycles. The number of piperazine rings is 1. The molecule has 0 unspecified atom stereocenters. The fraction of sp³-hybridized carbons (Fsp3) is 0.400. The maximum atomic E-state index is 5.33. The molecular formula is C20H24N6O. The normalized spacial score (nSPS) is 15.2. The summed E-state index contributed by atoms with van der Waals surface area (Å²) in [6.45, 7) is 6.82. The molecule has 0 aromatic carbocycles. The third kappa shape index (κ3) is 4.31. The predicted octanol–water partition coefficient (Wildman–Crippen LogP) is 2.80. The summed E-state index contributed by atoms with van der Waals surface area (Å²) in [7, 11) is 0. The summed E-state index contributed by atoms with van der Waals surface area (Å²) in [5.74, 6) is 2.15. The molecule has 4 rings (SSSR count). The Morgan fingerprint density at radius 3 is 2.26 bits per heavy atom. The van der Waals surface area contributed by atoms with Crippen LogP contribution in [0.1, 0.15) is 24.5 Å². The molecule has 1 fully saturated rings. The van der Waals surface area contributed by atoms with Gasteiger partial charge in [-0.3, -0.25) is 4.90 Å². The van der Waals surface area contributed by atoms with Gasteiger partial charge in [-0.15, -0.1) is 0 Å². The van der Waals surface area contributed by atoms with Crippen molar-refractivity contribution >= 4 is 5.95 Å². The first-order chi connectivity index (χ1) is 13.3. The Labute approximate surface area is 159 Å². The molecule has 0 radical (unpaired) electrons. The van der Waals surface area contributed by atoms with Crippen LogP contribution in [-0.2, 0) is 13.0 Å². The van der Waals surface area contributed by atoms with Gasteiger partial charge in [-0.1, -0.05) is 13.3 Å². The molecule has 1 aliphatic heterocycles. The molecule has 27 heavy (non-hydrogen) atoms. The lowest BCUT2D eigenvalue weighted by atomic mass is 10.2. The molecule has 4 heterocycles. The lowest BCUT2D eigenvalue weighted by Gasteiger charge is -2.34. The molecule has 0 amide bonds. The largest absolute Gasteiger partial charge is 0.461 e. The third-order valence-corrected chi connectivity index (χ3v) is 4.74. The van der Waals surface area contributed by atoms with E-state index in [-0.39, 0.29) is 0 Å². The highest BCUT2D eigenvalue weighted by atomic mass is 16.3. The van der Waals surface area contributed by atoms with Crippen LogP contribution in [0.5, 0.6) is 0 Å². The van der Waals surface area contributed by atoms with Gasteiger partial charge >= 0.3 is 0 Å². The average molecular weight is 364 g/mol. The van der Waals surface area contributed by atoms with Crippen LogP contribution in [0.4, 0.5) is 5.95 Å². The maximum Gasteiger partial charge on any atom is 0.225 e. The van der Waals surface area contributed by atoms with Crippen molar-refractivity contribution in [2.24, 2.45) is 0 Å². The second kappa shape index (κ2) is 8.26. The predicted molar refractivity (Wildman–Crippen MR) is 103 cm³/mol. The first kappa shape index (κ1) is 17.6. The van der Waals surface area contributed by atoms with Gasteiger partial charge in [-0.05, 0) is 24.1 Å². The molecular weight excluding hydrogens is 340 g/mol. The van der Waals surface area contributed by atoms with Crippen molar-refractivity contribution in [1.82, 2.24) is 24.8 Å². The van der Waals surface area contributed by atoms with Crippen LogP contribution < -0.4 is 4.90 Å². The minimum Gasteiger partial charge on any atom is -0.461 e. The van der Waals surface area contributed by atoms with Crippen LogP contribution in [0, 0.1) is 0 Å². The Balaban J connectivity index is 1.30.